The molecule has 2 aromatic carbocycles. The first-order chi connectivity index (χ1) is 12.5. The SMILES string of the molecule is COc1cccc(-c2cc(C(=O)Nc3ccc(OC)c(Cl)c3)n(C)n2)c1. The van der Waals surface area contributed by atoms with Crippen LogP contribution >= 0.6 is 11.6 Å². The van der Waals surface area contributed by atoms with Crippen molar-refractivity contribution in [2.75, 3.05) is 19.5 Å². The van der Waals surface area contributed by atoms with Crippen LogP contribution in [0.15, 0.2) is 48.5 Å². The van der Waals surface area contributed by atoms with Gasteiger partial charge in [-0.25, -0.2) is 0 Å². The number of rotatable bonds is 5. The third-order valence-electron chi connectivity index (χ3n) is 3.89. The van der Waals surface area contributed by atoms with Gasteiger partial charge in [-0.2, -0.15) is 5.10 Å². The van der Waals surface area contributed by atoms with Crippen LogP contribution in [0.1, 0.15) is 10.5 Å². The first kappa shape index (κ1) is 17.8. The molecule has 0 fully saturated rings. The molecule has 0 aliphatic rings. The van der Waals surface area contributed by atoms with Crippen LogP contribution in [-0.4, -0.2) is 29.9 Å². The smallest absolute Gasteiger partial charge is 0.273 e. The number of anilines is 1. The lowest BCUT2D eigenvalue weighted by Crippen LogP contribution is -2.16. The van der Waals surface area contributed by atoms with Crippen LogP contribution in [-0.2, 0) is 7.05 Å². The molecule has 6 nitrogen and oxygen atoms in total. The van der Waals surface area contributed by atoms with Crippen LogP contribution in [0.2, 0.25) is 5.02 Å². The van der Waals surface area contributed by atoms with Crippen LogP contribution in [0, 0.1) is 0 Å². The molecule has 0 atom stereocenters. The van der Waals surface area contributed by atoms with Gasteiger partial charge >= 0.3 is 0 Å². The fourth-order valence-corrected chi connectivity index (χ4v) is 2.80. The molecule has 0 unspecified atom stereocenters. The van der Waals surface area contributed by atoms with Crippen molar-refractivity contribution in [3.63, 3.8) is 0 Å². The predicted molar refractivity (Wildman–Crippen MR) is 101 cm³/mol. The largest absolute Gasteiger partial charge is 0.497 e. The van der Waals surface area contributed by atoms with Crippen LogP contribution in [0.3, 0.4) is 0 Å². The molecule has 1 amide bonds. The van der Waals surface area contributed by atoms with Gasteiger partial charge in [0, 0.05) is 18.3 Å². The number of benzene rings is 2. The van der Waals surface area contributed by atoms with Gasteiger partial charge in [0.2, 0.25) is 0 Å². The van der Waals surface area contributed by atoms with Crippen molar-refractivity contribution in [2.45, 2.75) is 0 Å². The quantitative estimate of drug-likeness (QED) is 0.736. The average Bonchev–Trinajstić information content (AvgIpc) is 3.04. The molecule has 26 heavy (non-hydrogen) atoms. The van der Waals surface area contributed by atoms with Crippen molar-refractivity contribution in [3.8, 4) is 22.8 Å². The highest BCUT2D eigenvalue weighted by Gasteiger charge is 2.15. The maximum Gasteiger partial charge on any atom is 0.273 e. The normalized spacial score (nSPS) is 10.5. The molecule has 1 heterocycles. The molecular weight excluding hydrogens is 354 g/mol. The van der Waals surface area contributed by atoms with Gasteiger partial charge in [-0.1, -0.05) is 23.7 Å². The van der Waals surface area contributed by atoms with Crippen molar-refractivity contribution in [3.05, 3.63) is 59.2 Å². The van der Waals surface area contributed by atoms with Gasteiger partial charge in [-0.05, 0) is 36.4 Å². The number of amides is 1. The third-order valence-corrected chi connectivity index (χ3v) is 4.18. The van der Waals surface area contributed by atoms with Crippen molar-refractivity contribution in [2.24, 2.45) is 7.05 Å². The molecule has 0 spiro atoms. The molecule has 1 N–H and O–H groups in total. The molecular formula is C19H18ClN3O3. The molecule has 0 radical (unpaired) electrons. The minimum atomic E-state index is -0.282. The molecule has 0 aliphatic heterocycles. The number of carbonyl (C=O) groups is 1. The molecule has 0 saturated heterocycles. The zero-order chi connectivity index (χ0) is 18.7. The maximum atomic E-state index is 12.6. The number of methoxy groups -OCH3 is 2. The number of carbonyl (C=O) groups excluding carboxylic acids is 1. The van der Waals surface area contributed by atoms with Gasteiger partial charge in [0.15, 0.2) is 0 Å². The lowest BCUT2D eigenvalue weighted by atomic mass is 10.1. The van der Waals surface area contributed by atoms with E-state index in [-0.39, 0.29) is 5.91 Å². The summed E-state index contributed by atoms with van der Waals surface area (Å²) >= 11 is 6.10. The van der Waals surface area contributed by atoms with Gasteiger partial charge in [0.25, 0.3) is 5.91 Å². The molecule has 3 aromatic rings. The summed E-state index contributed by atoms with van der Waals surface area (Å²) in [5.74, 6) is 0.993. The Hall–Kier alpha value is -2.99. The number of nitrogens with one attached hydrogen (secondary N) is 1. The number of halogens is 1. The third kappa shape index (κ3) is 3.65. The second-order valence-corrected chi connectivity index (χ2v) is 5.98. The molecule has 1 aromatic heterocycles. The van der Waals surface area contributed by atoms with Crippen molar-refractivity contribution >= 4 is 23.2 Å². The first-order valence-electron chi connectivity index (χ1n) is 7.85. The fraction of sp³-hybridized carbons (Fsp3) is 0.158. The number of aromatic nitrogens is 2. The van der Waals surface area contributed by atoms with Crippen molar-refractivity contribution < 1.29 is 14.3 Å². The molecule has 0 bridgehead atoms. The summed E-state index contributed by atoms with van der Waals surface area (Å²) < 4.78 is 11.9. The Morgan fingerprint density at radius 2 is 1.92 bits per heavy atom. The molecule has 0 aliphatic carbocycles. The van der Waals surface area contributed by atoms with E-state index in [0.717, 1.165) is 11.3 Å². The summed E-state index contributed by atoms with van der Waals surface area (Å²) in [5.41, 5.74) is 2.55. The summed E-state index contributed by atoms with van der Waals surface area (Å²) in [7, 11) is 4.87. The van der Waals surface area contributed by atoms with E-state index in [0.29, 0.717) is 27.8 Å². The molecule has 0 saturated carbocycles. The number of hydrogen-bond donors (Lipinski definition) is 1. The van der Waals surface area contributed by atoms with Crippen LogP contribution < -0.4 is 14.8 Å². The van der Waals surface area contributed by atoms with E-state index in [1.165, 1.54) is 11.8 Å². The Balaban J connectivity index is 1.84. The highest BCUT2D eigenvalue weighted by atomic mass is 35.5. The van der Waals surface area contributed by atoms with Gasteiger partial charge in [0.05, 0.1) is 24.9 Å². The number of hydrogen-bond acceptors (Lipinski definition) is 4. The average molecular weight is 372 g/mol. The standard InChI is InChI=1S/C19H18ClN3O3/c1-23-17(11-16(22-23)12-5-4-6-14(9-12)25-2)19(24)21-13-7-8-18(26-3)15(20)10-13/h4-11H,1-3H3,(H,21,24). The molecule has 3 rings (SSSR count). The first-order valence-corrected chi connectivity index (χ1v) is 8.23. The number of nitrogens with zero attached hydrogens (tertiary/aromatic N) is 2. The Labute approximate surface area is 156 Å². The fourth-order valence-electron chi connectivity index (χ4n) is 2.54. The topological polar surface area (TPSA) is 65.4 Å². The molecule has 7 heteroatoms. The Kier molecular flexibility index (Phi) is 5.14. The zero-order valence-electron chi connectivity index (χ0n) is 14.6. The van der Waals surface area contributed by atoms with E-state index >= 15 is 0 Å². The zero-order valence-corrected chi connectivity index (χ0v) is 15.4. The monoisotopic (exact) mass is 371 g/mol. The van der Waals surface area contributed by atoms with Gasteiger partial charge in [0.1, 0.15) is 17.2 Å². The maximum absolute atomic E-state index is 12.6. The summed E-state index contributed by atoms with van der Waals surface area (Å²) in [5, 5.41) is 7.66. The van der Waals surface area contributed by atoms with E-state index in [4.69, 9.17) is 21.1 Å². The van der Waals surface area contributed by atoms with Gasteiger partial charge in [-0.3, -0.25) is 9.48 Å². The van der Waals surface area contributed by atoms with Crippen molar-refractivity contribution in [1.82, 2.24) is 9.78 Å². The van der Waals surface area contributed by atoms with E-state index in [9.17, 15) is 4.79 Å². The van der Waals surface area contributed by atoms with Crippen LogP contribution in [0.4, 0.5) is 5.69 Å². The summed E-state index contributed by atoms with van der Waals surface area (Å²) in [6.07, 6.45) is 0. The van der Waals surface area contributed by atoms with Crippen LogP contribution in [0.5, 0.6) is 11.5 Å². The Bertz CT molecular complexity index is 953. The minimum absolute atomic E-state index is 0.282. The Morgan fingerprint density at radius 3 is 2.62 bits per heavy atom. The Morgan fingerprint density at radius 1 is 1.12 bits per heavy atom. The van der Waals surface area contributed by atoms with Gasteiger partial charge < -0.3 is 14.8 Å². The summed E-state index contributed by atoms with van der Waals surface area (Å²) in [6.45, 7) is 0. The van der Waals surface area contributed by atoms with E-state index in [1.807, 2.05) is 24.3 Å². The van der Waals surface area contributed by atoms with Crippen LogP contribution in [0.25, 0.3) is 11.3 Å². The highest BCUT2D eigenvalue weighted by molar-refractivity contribution is 6.32. The lowest BCUT2D eigenvalue weighted by molar-refractivity contribution is 0.101. The van der Waals surface area contributed by atoms with Crippen molar-refractivity contribution in [1.29, 1.82) is 0 Å². The van der Waals surface area contributed by atoms with E-state index < -0.39 is 0 Å². The minimum Gasteiger partial charge on any atom is -0.497 e. The van der Waals surface area contributed by atoms with E-state index in [1.54, 1.807) is 38.4 Å². The predicted octanol–water partition coefficient (Wildman–Crippen LogP) is 4.01. The second-order valence-electron chi connectivity index (χ2n) is 5.57. The number of ether oxygens (including phenoxy) is 2. The second kappa shape index (κ2) is 7.49. The van der Waals surface area contributed by atoms with Gasteiger partial charge in [-0.15, -0.1) is 0 Å². The summed E-state index contributed by atoms with van der Waals surface area (Å²) in [4.78, 5) is 12.6. The lowest BCUT2D eigenvalue weighted by Gasteiger charge is -2.08. The summed E-state index contributed by atoms with van der Waals surface area (Å²) in [6, 6.07) is 14.3. The molecule has 134 valence electrons. The van der Waals surface area contributed by atoms with E-state index in [2.05, 4.69) is 10.4 Å². The number of aryl methyl sites for hydroxylation is 1. The highest BCUT2D eigenvalue weighted by Crippen LogP contribution is 2.28.